The fourth-order valence-corrected chi connectivity index (χ4v) is 0. The molecule has 0 spiro atoms. The van der Waals surface area contributed by atoms with Crippen molar-refractivity contribution in [2.24, 2.45) is 0 Å². The van der Waals surface area contributed by atoms with E-state index in [0.717, 1.165) is 11.0 Å². The Labute approximate surface area is 40.4 Å². The van der Waals surface area contributed by atoms with Crippen LogP contribution in [0.3, 0.4) is 0 Å². The van der Waals surface area contributed by atoms with Crippen molar-refractivity contribution in [2.75, 3.05) is 5.75 Å². The first-order chi connectivity index (χ1) is 1.91. The van der Waals surface area contributed by atoms with E-state index in [-0.39, 0.29) is 0 Å². The first-order valence-corrected chi connectivity index (χ1v) is 2.64. The quantitative estimate of drug-likeness (QED) is 0.479. The molecular weight excluding hydrogens is 108 g/mol. The first-order valence-electron chi connectivity index (χ1n) is 1.10. The van der Waals surface area contributed by atoms with Gasteiger partial charge in [0, 0.05) is 0 Å². The van der Waals surface area contributed by atoms with Crippen LogP contribution in [0.2, 0.25) is 5.28 Å². The second kappa shape index (κ2) is 3.88. The van der Waals surface area contributed by atoms with E-state index in [9.17, 15) is 0 Å². The number of hydrogen-bond donors (Lipinski definition) is 1. The molecule has 0 amide bonds. The van der Waals surface area contributed by atoms with Crippen LogP contribution < -0.4 is 0 Å². The van der Waals surface area contributed by atoms with Crippen molar-refractivity contribution in [3.63, 3.8) is 0 Å². The Morgan fingerprint density at radius 1 is 1.75 bits per heavy atom. The zero-order valence-corrected chi connectivity index (χ0v) is 4.44. The molecule has 0 aliphatic heterocycles. The van der Waals surface area contributed by atoms with Gasteiger partial charge in [-0.1, -0.05) is 0 Å². The van der Waals surface area contributed by atoms with E-state index in [1.165, 1.54) is 0 Å². The van der Waals surface area contributed by atoms with Crippen molar-refractivity contribution in [3.8, 4) is 0 Å². The third-order valence-electron chi connectivity index (χ3n) is 0.0913. The zero-order valence-electron chi connectivity index (χ0n) is 2.27. The summed E-state index contributed by atoms with van der Waals surface area (Å²) in [5, 5.41) is 1.06. The molecule has 0 saturated heterocycles. The Morgan fingerprint density at radius 2 is 2.00 bits per heavy atom. The van der Waals surface area contributed by atoms with Gasteiger partial charge in [0.05, 0.1) is 0 Å². The summed E-state index contributed by atoms with van der Waals surface area (Å²) in [7, 11) is 0. The molecule has 0 saturated carbocycles. The van der Waals surface area contributed by atoms with Gasteiger partial charge >= 0.3 is 40.0 Å². The molecule has 0 fully saturated rings. The maximum absolute atomic E-state index is 3.89. The minimum absolute atomic E-state index is 0.958. The van der Waals surface area contributed by atoms with E-state index in [1.54, 1.807) is 0 Å². The number of hydrogen-bond acceptors (Lipinski definition) is 1. The van der Waals surface area contributed by atoms with Crippen LogP contribution in [0.15, 0.2) is 0 Å². The predicted octanol–water partition coefficient (Wildman–Crippen LogP) is 0.881. The second-order valence-electron chi connectivity index (χ2n) is 0.428. The van der Waals surface area contributed by atoms with Crippen molar-refractivity contribution < 1.29 is 16.3 Å². The molecule has 0 bridgehead atoms. The minimum atomic E-state index is 0.958. The monoisotopic (exact) mass is 113 g/mol. The molecule has 0 aromatic rings. The molecule has 2 heteroatoms. The van der Waals surface area contributed by atoms with Gasteiger partial charge in [-0.05, 0) is 0 Å². The van der Waals surface area contributed by atoms with Crippen molar-refractivity contribution >= 4 is 12.6 Å². The van der Waals surface area contributed by atoms with Crippen molar-refractivity contribution in [2.45, 2.75) is 5.28 Å². The molecule has 0 aliphatic rings. The van der Waals surface area contributed by atoms with Gasteiger partial charge in [-0.3, -0.25) is 0 Å². The van der Waals surface area contributed by atoms with Crippen molar-refractivity contribution in [1.29, 1.82) is 0 Å². The van der Waals surface area contributed by atoms with E-state index < -0.39 is 0 Å². The van der Waals surface area contributed by atoms with Crippen LogP contribution in [0.1, 0.15) is 0 Å². The molecule has 25 valence electrons. The van der Waals surface area contributed by atoms with Gasteiger partial charge in [0.1, 0.15) is 0 Å². The molecule has 0 aromatic heterocycles. The van der Waals surface area contributed by atoms with Crippen LogP contribution in [-0.2, 0) is 16.3 Å². The SMILES string of the molecule is SC[CH2][Cr]. The molecule has 4 heavy (non-hydrogen) atoms. The fraction of sp³-hybridized carbons (Fsp3) is 1.00. The molecule has 0 nitrogen and oxygen atoms in total. The van der Waals surface area contributed by atoms with Gasteiger partial charge in [0.15, 0.2) is 0 Å². The maximum atomic E-state index is 3.89. The molecule has 0 rings (SSSR count). The summed E-state index contributed by atoms with van der Waals surface area (Å²) in [6.45, 7) is 0. The standard InChI is InChI=1S/C2H5S.Cr/c1-2-3;/h3H,1-2H2;. The predicted molar refractivity (Wildman–Crippen MR) is 18.7 cm³/mol. The Morgan fingerprint density at radius 3 is 2.00 bits per heavy atom. The van der Waals surface area contributed by atoms with Crippen LogP contribution in [-0.4, -0.2) is 5.75 Å². The van der Waals surface area contributed by atoms with Crippen LogP contribution in [0.4, 0.5) is 0 Å². The van der Waals surface area contributed by atoms with Gasteiger partial charge in [0.2, 0.25) is 0 Å². The van der Waals surface area contributed by atoms with Gasteiger partial charge in [-0.15, -0.1) is 0 Å². The van der Waals surface area contributed by atoms with E-state index in [0.29, 0.717) is 0 Å². The van der Waals surface area contributed by atoms with Gasteiger partial charge in [-0.25, -0.2) is 0 Å². The zero-order chi connectivity index (χ0) is 3.41. The average molecular weight is 113 g/mol. The summed E-state index contributed by atoms with van der Waals surface area (Å²) < 4.78 is 0. The van der Waals surface area contributed by atoms with E-state index in [2.05, 4.69) is 28.9 Å². The third-order valence-corrected chi connectivity index (χ3v) is 1.13. The van der Waals surface area contributed by atoms with Crippen LogP contribution in [0.25, 0.3) is 0 Å². The first kappa shape index (κ1) is 4.88. The average Bonchev–Trinajstić information content (AvgIpc) is 1.37. The number of thiol groups is 1. The third kappa shape index (κ3) is 2.88. The Balaban J connectivity index is 1.97. The fourth-order valence-electron chi connectivity index (χ4n) is 0. The summed E-state index contributed by atoms with van der Waals surface area (Å²) in [5.41, 5.74) is 0. The molecule has 0 radical (unpaired) electrons. The molecule has 0 atom stereocenters. The van der Waals surface area contributed by atoms with E-state index >= 15 is 0 Å². The summed E-state index contributed by atoms with van der Waals surface area (Å²) in [5.74, 6) is 0.958. The summed E-state index contributed by atoms with van der Waals surface area (Å²) >= 11 is 6.71. The van der Waals surface area contributed by atoms with E-state index in [1.807, 2.05) is 0 Å². The van der Waals surface area contributed by atoms with Gasteiger partial charge < -0.3 is 0 Å². The number of rotatable bonds is 1. The Hall–Kier alpha value is 0.882. The summed E-state index contributed by atoms with van der Waals surface area (Å²) in [4.78, 5) is 0. The molecule has 0 heterocycles. The van der Waals surface area contributed by atoms with Gasteiger partial charge in [0.25, 0.3) is 0 Å². The molecule has 0 N–H and O–H groups in total. The summed E-state index contributed by atoms with van der Waals surface area (Å²) in [6.07, 6.45) is 0. The van der Waals surface area contributed by atoms with Crippen LogP contribution in [0.5, 0.6) is 0 Å². The van der Waals surface area contributed by atoms with Crippen molar-refractivity contribution in [3.05, 3.63) is 0 Å². The second-order valence-corrected chi connectivity index (χ2v) is 1.51. The molecule has 0 unspecified atom stereocenters. The molecule has 0 aliphatic carbocycles. The normalized spacial score (nSPS) is 7.25. The Kier molecular flexibility index (Phi) is 4.74. The molecule has 0 aromatic carbocycles. The van der Waals surface area contributed by atoms with Gasteiger partial charge in [-0.2, -0.15) is 0 Å². The molecular formula is C2H5CrS. The van der Waals surface area contributed by atoms with Crippen LogP contribution in [0, 0.1) is 0 Å². The Bertz CT molecular complexity index is 8.00. The van der Waals surface area contributed by atoms with Crippen LogP contribution >= 0.6 is 12.6 Å². The topological polar surface area (TPSA) is 0 Å². The summed E-state index contributed by atoms with van der Waals surface area (Å²) in [6, 6.07) is 0. The van der Waals surface area contributed by atoms with E-state index in [4.69, 9.17) is 0 Å². The van der Waals surface area contributed by atoms with Crippen molar-refractivity contribution in [1.82, 2.24) is 0 Å².